The SMILES string of the molecule is Cc1nc(C=CC(=O)NCc2cccc(Cl)c2)cs1. The van der Waals surface area contributed by atoms with Crippen LogP contribution in [0.5, 0.6) is 0 Å². The molecule has 1 amide bonds. The summed E-state index contributed by atoms with van der Waals surface area (Å²) in [6.07, 6.45) is 3.19. The topological polar surface area (TPSA) is 42.0 Å². The Hall–Kier alpha value is -1.65. The van der Waals surface area contributed by atoms with Crippen molar-refractivity contribution in [2.24, 2.45) is 0 Å². The number of halogens is 1. The number of aromatic nitrogens is 1. The van der Waals surface area contributed by atoms with E-state index in [1.807, 2.05) is 30.5 Å². The smallest absolute Gasteiger partial charge is 0.244 e. The normalized spacial score (nSPS) is 10.8. The number of thiazole rings is 1. The number of rotatable bonds is 4. The van der Waals surface area contributed by atoms with Gasteiger partial charge in [-0.05, 0) is 30.7 Å². The number of carbonyl (C=O) groups excluding carboxylic acids is 1. The average Bonchev–Trinajstić information content (AvgIpc) is 2.80. The molecule has 0 saturated heterocycles. The number of nitrogens with zero attached hydrogens (tertiary/aromatic N) is 1. The van der Waals surface area contributed by atoms with Crippen LogP contribution >= 0.6 is 22.9 Å². The summed E-state index contributed by atoms with van der Waals surface area (Å²) >= 11 is 7.43. The molecule has 19 heavy (non-hydrogen) atoms. The molecular formula is C14H13ClN2OS. The zero-order chi connectivity index (χ0) is 13.7. The van der Waals surface area contributed by atoms with Crippen molar-refractivity contribution in [2.45, 2.75) is 13.5 Å². The maximum Gasteiger partial charge on any atom is 0.244 e. The number of hydrogen-bond donors (Lipinski definition) is 1. The zero-order valence-electron chi connectivity index (χ0n) is 10.4. The van der Waals surface area contributed by atoms with E-state index in [-0.39, 0.29) is 5.91 Å². The zero-order valence-corrected chi connectivity index (χ0v) is 12.0. The minimum atomic E-state index is -0.148. The maximum absolute atomic E-state index is 11.6. The van der Waals surface area contributed by atoms with Crippen LogP contribution in [0.1, 0.15) is 16.3 Å². The van der Waals surface area contributed by atoms with Gasteiger partial charge < -0.3 is 5.32 Å². The van der Waals surface area contributed by atoms with Crippen LogP contribution in [0.4, 0.5) is 0 Å². The van der Waals surface area contributed by atoms with E-state index < -0.39 is 0 Å². The van der Waals surface area contributed by atoms with E-state index in [0.29, 0.717) is 11.6 Å². The van der Waals surface area contributed by atoms with Crippen molar-refractivity contribution in [3.8, 4) is 0 Å². The molecule has 0 atom stereocenters. The molecule has 0 unspecified atom stereocenters. The number of nitrogens with one attached hydrogen (secondary N) is 1. The molecule has 0 aliphatic heterocycles. The van der Waals surface area contributed by atoms with E-state index >= 15 is 0 Å². The van der Waals surface area contributed by atoms with E-state index in [4.69, 9.17) is 11.6 Å². The van der Waals surface area contributed by atoms with Gasteiger partial charge in [0, 0.05) is 23.0 Å². The summed E-state index contributed by atoms with van der Waals surface area (Å²) in [6.45, 7) is 2.39. The summed E-state index contributed by atoms with van der Waals surface area (Å²) in [6, 6.07) is 7.41. The van der Waals surface area contributed by atoms with Gasteiger partial charge in [0.2, 0.25) is 5.91 Å². The number of hydrogen-bond acceptors (Lipinski definition) is 3. The van der Waals surface area contributed by atoms with Crippen LogP contribution in [0.15, 0.2) is 35.7 Å². The lowest BCUT2D eigenvalue weighted by molar-refractivity contribution is -0.116. The Morgan fingerprint density at radius 3 is 3.05 bits per heavy atom. The maximum atomic E-state index is 11.6. The molecule has 1 N–H and O–H groups in total. The van der Waals surface area contributed by atoms with Crippen LogP contribution in [0, 0.1) is 6.92 Å². The fraction of sp³-hybridized carbons (Fsp3) is 0.143. The lowest BCUT2D eigenvalue weighted by Gasteiger charge is -2.02. The van der Waals surface area contributed by atoms with Gasteiger partial charge in [0.15, 0.2) is 0 Å². The van der Waals surface area contributed by atoms with Gasteiger partial charge in [-0.25, -0.2) is 4.98 Å². The predicted molar refractivity (Wildman–Crippen MR) is 79.2 cm³/mol. The second-order valence-corrected chi connectivity index (χ2v) is 5.47. The first kappa shape index (κ1) is 13.8. The van der Waals surface area contributed by atoms with E-state index in [2.05, 4.69) is 10.3 Å². The Balaban J connectivity index is 1.86. The highest BCUT2D eigenvalue weighted by Gasteiger charge is 1.99. The van der Waals surface area contributed by atoms with Crippen LogP contribution in [0.2, 0.25) is 5.02 Å². The van der Waals surface area contributed by atoms with Gasteiger partial charge in [-0.15, -0.1) is 11.3 Å². The second kappa shape index (κ2) is 6.50. The third-order valence-electron chi connectivity index (χ3n) is 2.40. The number of amides is 1. The van der Waals surface area contributed by atoms with Crippen LogP contribution in [0.3, 0.4) is 0 Å². The largest absolute Gasteiger partial charge is 0.348 e. The highest BCUT2D eigenvalue weighted by atomic mass is 35.5. The standard InChI is InChI=1S/C14H13ClN2OS/c1-10-17-13(9-19-10)5-6-14(18)16-8-11-3-2-4-12(15)7-11/h2-7,9H,8H2,1H3,(H,16,18). The molecule has 98 valence electrons. The lowest BCUT2D eigenvalue weighted by atomic mass is 10.2. The van der Waals surface area contributed by atoms with E-state index in [1.165, 1.54) is 6.08 Å². The number of carbonyl (C=O) groups is 1. The summed E-state index contributed by atoms with van der Waals surface area (Å²) in [5.74, 6) is -0.148. The monoisotopic (exact) mass is 292 g/mol. The molecule has 0 aliphatic carbocycles. The van der Waals surface area contributed by atoms with Gasteiger partial charge in [-0.2, -0.15) is 0 Å². The predicted octanol–water partition coefficient (Wildman–Crippen LogP) is 3.43. The third kappa shape index (κ3) is 4.50. The van der Waals surface area contributed by atoms with Crippen molar-refractivity contribution in [3.63, 3.8) is 0 Å². The van der Waals surface area contributed by atoms with E-state index in [1.54, 1.807) is 23.5 Å². The quantitative estimate of drug-likeness (QED) is 0.877. The van der Waals surface area contributed by atoms with Crippen LogP contribution < -0.4 is 5.32 Å². The van der Waals surface area contributed by atoms with Crippen molar-refractivity contribution < 1.29 is 4.79 Å². The van der Waals surface area contributed by atoms with Crippen LogP contribution in [-0.2, 0) is 11.3 Å². The minimum Gasteiger partial charge on any atom is -0.348 e. The molecule has 0 spiro atoms. The number of aryl methyl sites for hydroxylation is 1. The van der Waals surface area contributed by atoms with Crippen molar-refractivity contribution in [2.75, 3.05) is 0 Å². The van der Waals surface area contributed by atoms with Gasteiger partial charge >= 0.3 is 0 Å². The van der Waals surface area contributed by atoms with Crippen LogP contribution in [0.25, 0.3) is 6.08 Å². The van der Waals surface area contributed by atoms with Crippen LogP contribution in [-0.4, -0.2) is 10.9 Å². The number of benzene rings is 1. The highest BCUT2D eigenvalue weighted by molar-refractivity contribution is 7.09. The molecule has 1 heterocycles. The molecule has 0 aliphatic rings. The minimum absolute atomic E-state index is 0.148. The summed E-state index contributed by atoms with van der Waals surface area (Å²) in [5.41, 5.74) is 1.78. The van der Waals surface area contributed by atoms with E-state index in [0.717, 1.165) is 16.3 Å². The van der Waals surface area contributed by atoms with Gasteiger partial charge in [-0.1, -0.05) is 23.7 Å². The Bertz CT molecular complexity index is 607. The van der Waals surface area contributed by atoms with E-state index in [9.17, 15) is 4.79 Å². The molecule has 5 heteroatoms. The highest BCUT2D eigenvalue weighted by Crippen LogP contribution is 2.11. The van der Waals surface area contributed by atoms with Crippen molar-refractivity contribution >= 4 is 34.9 Å². The molecule has 0 radical (unpaired) electrons. The lowest BCUT2D eigenvalue weighted by Crippen LogP contribution is -2.20. The Morgan fingerprint density at radius 1 is 1.53 bits per heavy atom. The molecular weight excluding hydrogens is 280 g/mol. The average molecular weight is 293 g/mol. The Morgan fingerprint density at radius 2 is 2.37 bits per heavy atom. The summed E-state index contributed by atoms with van der Waals surface area (Å²) in [5, 5.41) is 6.36. The van der Waals surface area contributed by atoms with Gasteiger partial charge in [0.1, 0.15) is 0 Å². The molecule has 1 aromatic heterocycles. The first-order chi connectivity index (χ1) is 9.13. The summed E-state index contributed by atoms with van der Waals surface area (Å²) in [7, 11) is 0. The fourth-order valence-corrected chi connectivity index (χ4v) is 2.31. The van der Waals surface area contributed by atoms with Gasteiger partial charge in [0.25, 0.3) is 0 Å². The fourth-order valence-electron chi connectivity index (χ4n) is 1.51. The first-order valence-corrected chi connectivity index (χ1v) is 7.02. The molecule has 0 fully saturated rings. The molecule has 1 aromatic carbocycles. The van der Waals surface area contributed by atoms with Crippen molar-refractivity contribution in [1.82, 2.24) is 10.3 Å². The van der Waals surface area contributed by atoms with Gasteiger partial charge in [0.05, 0.1) is 10.7 Å². The Labute approximate surface area is 120 Å². The Kier molecular flexibility index (Phi) is 4.71. The first-order valence-electron chi connectivity index (χ1n) is 5.76. The molecule has 3 nitrogen and oxygen atoms in total. The third-order valence-corrected chi connectivity index (χ3v) is 3.42. The summed E-state index contributed by atoms with van der Waals surface area (Å²) in [4.78, 5) is 15.9. The summed E-state index contributed by atoms with van der Waals surface area (Å²) < 4.78 is 0. The molecule has 2 rings (SSSR count). The molecule has 2 aromatic rings. The molecule has 0 saturated carbocycles. The van der Waals surface area contributed by atoms with Crippen molar-refractivity contribution in [3.05, 3.63) is 57.0 Å². The second-order valence-electron chi connectivity index (χ2n) is 3.97. The molecule has 0 bridgehead atoms. The van der Waals surface area contributed by atoms with Gasteiger partial charge in [-0.3, -0.25) is 4.79 Å². The van der Waals surface area contributed by atoms with Crippen molar-refractivity contribution in [1.29, 1.82) is 0 Å².